The van der Waals surface area contributed by atoms with E-state index in [2.05, 4.69) is 29.9 Å². The van der Waals surface area contributed by atoms with E-state index in [9.17, 15) is 14.4 Å². The average molecular weight is 608 g/mol. The summed E-state index contributed by atoms with van der Waals surface area (Å²) < 4.78 is 13.3. The van der Waals surface area contributed by atoms with E-state index < -0.39 is 5.97 Å². The van der Waals surface area contributed by atoms with E-state index in [-0.39, 0.29) is 112 Å². The summed E-state index contributed by atoms with van der Waals surface area (Å²) in [5, 5.41) is 32.0. The molecule has 4 aromatic heterocycles. The summed E-state index contributed by atoms with van der Waals surface area (Å²) in [5.74, 6) is -1.17. The Morgan fingerprint density at radius 3 is 1.69 bits per heavy atom. The van der Waals surface area contributed by atoms with Gasteiger partial charge in [0.25, 0.3) is 11.1 Å². The van der Waals surface area contributed by atoms with Crippen molar-refractivity contribution >= 4 is 69.2 Å². The van der Waals surface area contributed by atoms with Crippen LogP contribution in [0.4, 0.5) is 11.9 Å². The molecule has 22 heteroatoms. The first kappa shape index (κ1) is 35.7. The zero-order valence-corrected chi connectivity index (χ0v) is 24.0. The second-order valence-corrected chi connectivity index (χ2v) is 7.83. The predicted molar refractivity (Wildman–Crippen MR) is 151 cm³/mol. The smallest absolute Gasteiger partial charge is 1.00 e. The number of carboxylic acid groups (broad SMARTS) is 1. The van der Waals surface area contributed by atoms with E-state index in [1.807, 2.05) is 0 Å². The summed E-state index contributed by atoms with van der Waals surface area (Å²) in [7, 11) is 1.44. The van der Waals surface area contributed by atoms with Crippen molar-refractivity contribution in [3.8, 4) is 0 Å². The Morgan fingerprint density at radius 1 is 0.976 bits per heavy atom. The fraction of sp³-hybridized carbons (Fsp3) is 0.400. The number of imidazole rings is 2. The van der Waals surface area contributed by atoms with Crippen molar-refractivity contribution in [3.05, 3.63) is 33.4 Å². The van der Waals surface area contributed by atoms with Crippen LogP contribution < -0.4 is 28.3 Å². The number of carbonyl (C=O) groups is 1. The molecule has 4 rings (SSSR count). The maximum absolute atomic E-state index is 11.4. The molecule has 21 nitrogen and oxygen atoms in total. The first-order valence-electron chi connectivity index (χ1n) is 11.5. The molecular weight excluding hydrogens is 575 g/mol. The third-order valence-electron chi connectivity index (χ3n) is 4.70. The number of guanidine groups is 1. The molecule has 0 bridgehead atoms. The maximum atomic E-state index is 11.4. The number of aliphatic carboxylic acids is 1. The van der Waals surface area contributed by atoms with Crippen LogP contribution in [-0.4, -0.2) is 134 Å². The van der Waals surface area contributed by atoms with Crippen molar-refractivity contribution in [1.82, 2.24) is 43.9 Å². The zero-order valence-electron chi connectivity index (χ0n) is 24.6. The fourth-order valence-electron chi connectivity index (χ4n) is 2.87. The Hall–Kier alpha value is -4.35. The van der Waals surface area contributed by atoms with Crippen molar-refractivity contribution in [2.24, 2.45) is 5.73 Å². The fourth-order valence-corrected chi connectivity index (χ4v) is 2.87. The second kappa shape index (κ2) is 17.5. The molecule has 12 N–H and O–H groups in total. The number of aliphatic hydroxyl groups is 2. The summed E-state index contributed by atoms with van der Waals surface area (Å²) in [6, 6.07) is 0. The summed E-state index contributed by atoms with van der Waals surface area (Å²) in [4.78, 5) is 54.3. The van der Waals surface area contributed by atoms with Gasteiger partial charge in [0.2, 0.25) is 11.9 Å². The van der Waals surface area contributed by atoms with E-state index >= 15 is 0 Å². The molecule has 0 atom stereocenters. The SMILES string of the molecule is CN(CC(=O)O)C(=N)N.Nc1nc2c(ncn2COCCO)c(=O)[nH]1.Nc1nc2c(ncn2COCCO)c(=O)[nH]1.[H-].[H-].[Mg+2]. The number of nitrogen functional groups attached to an aromatic ring is 2. The molecule has 0 saturated carbocycles. The Balaban J connectivity index is 0. The van der Waals surface area contributed by atoms with Gasteiger partial charge in [-0.25, -0.2) is 9.97 Å². The van der Waals surface area contributed by atoms with E-state index in [0.717, 1.165) is 4.90 Å². The number of hydrogen-bond acceptors (Lipinski definition) is 14. The van der Waals surface area contributed by atoms with E-state index in [1.165, 1.54) is 28.8 Å². The van der Waals surface area contributed by atoms with Crippen LogP contribution in [0.1, 0.15) is 2.85 Å². The van der Waals surface area contributed by atoms with Crippen molar-refractivity contribution in [2.45, 2.75) is 13.5 Å². The third kappa shape index (κ3) is 10.6. The maximum Gasteiger partial charge on any atom is 2.00 e. The van der Waals surface area contributed by atoms with Gasteiger partial charge in [-0.15, -0.1) is 0 Å². The van der Waals surface area contributed by atoms with Crippen LogP contribution in [0.25, 0.3) is 22.3 Å². The van der Waals surface area contributed by atoms with Gasteiger partial charge in [0.05, 0.1) is 39.1 Å². The van der Waals surface area contributed by atoms with Crippen LogP contribution in [0.2, 0.25) is 0 Å². The van der Waals surface area contributed by atoms with Crippen LogP contribution in [0.3, 0.4) is 0 Å². The monoisotopic (exact) mass is 607 g/mol. The van der Waals surface area contributed by atoms with Crippen molar-refractivity contribution in [2.75, 3.05) is 51.5 Å². The minimum Gasteiger partial charge on any atom is -1.00 e. The number of carboxylic acids is 1. The normalized spacial score (nSPS) is 10.3. The van der Waals surface area contributed by atoms with Gasteiger partial charge >= 0.3 is 29.0 Å². The molecule has 42 heavy (non-hydrogen) atoms. The standard InChI is InChI=1S/2C8H11N5O3.C4H9N3O2.Mg.2H/c2*9-8-11-6-5(7(15)12-8)10-3-13(6)4-16-2-1-14;1-7(4(5)6)2-3(8)9;;;/h2*3,14H,1-2,4H2,(H3,9,11,12,15);2H2,1H3,(H3,5,6)(H,8,9);;;/q;;;+2;2*-1. The van der Waals surface area contributed by atoms with Crippen molar-refractivity contribution in [3.63, 3.8) is 0 Å². The number of hydrogen-bond donors (Lipinski definition) is 9. The number of aliphatic hydroxyl groups excluding tert-OH is 2. The number of H-pyrrole nitrogens is 2. The molecular formula is C20H33MgN13O8. The third-order valence-corrected chi connectivity index (χ3v) is 4.70. The minimum absolute atomic E-state index is 0. The molecule has 4 heterocycles. The Labute approximate surface area is 254 Å². The van der Waals surface area contributed by atoms with Crippen LogP contribution in [-0.2, 0) is 27.7 Å². The molecule has 0 unspecified atom stereocenters. The molecule has 0 fully saturated rings. The first-order chi connectivity index (χ1) is 19.5. The van der Waals surface area contributed by atoms with Crippen LogP contribution in [0, 0.1) is 5.41 Å². The minimum atomic E-state index is -0.993. The topological polar surface area (TPSA) is 329 Å². The molecule has 0 aliphatic heterocycles. The summed E-state index contributed by atoms with van der Waals surface area (Å²) in [6.07, 6.45) is 2.87. The van der Waals surface area contributed by atoms with Gasteiger partial charge in [0, 0.05) is 7.05 Å². The Bertz CT molecular complexity index is 1480. The number of aromatic amines is 2. The number of nitrogens with zero attached hydrogens (tertiary/aromatic N) is 7. The molecule has 0 spiro atoms. The van der Waals surface area contributed by atoms with Gasteiger partial charge in [0.15, 0.2) is 28.3 Å². The molecule has 0 aliphatic carbocycles. The van der Waals surface area contributed by atoms with Crippen LogP contribution in [0.15, 0.2) is 22.2 Å². The van der Waals surface area contributed by atoms with Crippen molar-refractivity contribution < 1.29 is 32.4 Å². The van der Waals surface area contributed by atoms with Crippen molar-refractivity contribution in [1.29, 1.82) is 5.41 Å². The average Bonchev–Trinajstić information content (AvgIpc) is 3.49. The number of likely N-dealkylation sites (N-methyl/N-ethyl adjacent to an activating group) is 1. The molecule has 0 amide bonds. The largest absolute Gasteiger partial charge is 2.00 e. The second-order valence-electron chi connectivity index (χ2n) is 7.83. The van der Waals surface area contributed by atoms with Gasteiger partial charge in [-0.1, -0.05) is 0 Å². The number of anilines is 2. The predicted octanol–water partition coefficient (Wildman–Crippen LogP) is -3.92. The molecule has 4 aromatic rings. The van der Waals surface area contributed by atoms with E-state index in [0.29, 0.717) is 11.3 Å². The van der Waals surface area contributed by atoms with Crippen LogP contribution in [0.5, 0.6) is 0 Å². The quantitative estimate of drug-likeness (QED) is 0.0359. The van der Waals surface area contributed by atoms with Gasteiger partial charge < -0.3 is 49.7 Å². The number of nitrogens with one attached hydrogen (secondary N) is 3. The molecule has 228 valence electrons. The van der Waals surface area contributed by atoms with Crippen LogP contribution >= 0.6 is 0 Å². The molecule has 0 aromatic carbocycles. The van der Waals surface area contributed by atoms with E-state index in [1.54, 1.807) is 0 Å². The number of aromatic nitrogens is 8. The Kier molecular flexibility index (Phi) is 14.8. The molecule has 0 saturated heterocycles. The Morgan fingerprint density at radius 2 is 1.38 bits per heavy atom. The summed E-state index contributed by atoms with van der Waals surface area (Å²) >= 11 is 0. The number of rotatable bonds is 10. The molecule has 0 aliphatic rings. The van der Waals surface area contributed by atoms with Gasteiger partial charge in [-0.05, 0) is 0 Å². The number of fused-ring (bicyclic) bond motifs is 2. The van der Waals surface area contributed by atoms with E-state index in [4.69, 9.17) is 47.4 Å². The van der Waals surface area contributed by atoms with Gasteiger partial charge in [0.1, 0.15) is 20.0 Å². The number of nitrogens with two attached hydrogens (primary N) is 3. The zero-order chi connectivity index (χ0) is 30.5. The summed E-state index contributed by atoms with van der Waals surface area (Å²) in [6.45, 7) is 0.373. The molecule has 0 radical (unpaired) electrons. The summed E-state index contributed by atoms with van der Waals surface area (Å²) in [5.41, 5.74) is 16.1. The van der Waals surface area contributed by atoms with Gasteiger partial charge in [-0.2, -0.15) is 9.97 Å². The number of ether oxygens (including phenoxy) is 2. The first-order valence-corrected chi connectivity index (χ1v) is 11.5. The van der Waals surface area contributed by atoms with Gasteiger partial charge in [-0.3, -0.25) is 38.9 Å².